The van der Waals surface area contributed by atoms with Gasteiger partial charge in [-0.1, -0.05) is 52.6 Å². The van der Waals surface area contributed by atoms with E-state index in [-0.39, 0.29) is 5.41 Å². The van der Waals surface area contributed by atoms with E-state index in [0.717, 1.165) is 30.6 Å². The van der Waals surface area contributed by atoms with E-state index in [0.29, 0.717) is 12.0 Å². The monoisotopic (exact) mass is 293 g/mol. The minimum atomic E-state index is 0.185. The van der Waals surface area contributed by atoms with Crippen molar-refractivity contribution >= 4 is 0 Å². The second-order valence-corrected chi connectivity index (χ2v) is 7.70. The maximum atomic E-state index is 5.52. The Balaban J connectivity index is 2.01. The number of likely N-dealkylation sites (N-methyl/N-ethyl adjacent to an activating group) is 1. The van der Waals surface area contributed by atoms with E-state index in [1.807, 2.05) is 0 Å². The number of nitrogens with one attached hydrogen (secondary N) is 1. The van der Waals surface area contributed by atoms with Crippen LogP contribution in [0.25, 0.3) is 0 Å². The summed E-state index contributed by atoms with van der Waals surface area (Å²) in [5.74, 6) is 3.00. The molecule has 1 fully saturated rings. The van der Waals surface area contributed by atoms with Crippen LogP contribution in [0.15, 0.2) is 4.52 Å². The third-order valence-corrected chi connectivity index (χ3v) is 4.66. The molecule has 2 rings (SSSR count). The quantitative estimate of drug-likeness (QED) is 0.893. The summed E-state index contributed by atoms with van der Waals surface area (Å²) in [5, 5.41) is 7.79. The highest BCUT2D eigenvalue weighted by Crippen LogP contribution is 2.34. The maximum absolute atomic E-state index is 5.52. The molecule has 1 aromatic heterocycles. The van der Waals surface area contributed by atoms with Crippen LogP contribution in [0, 0.1) is 11.3 Å². The number of hydrogen-bond acceptors (Lipinski definition) is 4. The minimum Gasteiger partial charge on any atom is -0.339 e. The van der Waals surface area contributed by atoms with Crippen LogP contribution in [-0.4, -0.2) is 22.7 Å². The summed E-state index contributed by atoms with van der Waals surface area (Å²) in [6.07, 6.45) is 5.85. The molecule has 0 saturated heterocycles. The van der Waals surface area contributed by atoms with Gasteiger partial charge >= 0.3 is 0 Å². The predicted octanol–water partition coefficient (Wildman–Crippen LogP) is 3.93. The average Bonchev–Trinajstić information content (AvgIpc) is 2.86. The van der Waals surface area contributed by atoms with Crippen LogP contribution in [0.1, 0.15) is 77.9 Å². The van der Waals surface area contributed by atoms with E-state index in [9.17, 15) is 0 Å². The molecule has 3 unspecified atom stereocenters. The molecule has 0 bridgehead atoms. The number of aromatic nitrogens is 2. The molecule has 1 N–H and O–H groups in total. The van der Waals surface area contributed by atoms with Crippen molar-refractivity contribution in [3.8, 4) is 0 Å². The molecule has 1 aliphatic carbocycles. The Morgan fingerprint density at radius 2 is 2.10 bits per heavy atom. The SMILES string of the molecule is CCNC(Cc1nc(C2CCCC(C)C2)no1)C(C)(C)C. The Morgan fingerprint density at radius 3 is 2.71 bits per heavy atom. The molecule has 120 valence electrons. The second kappa shape index (κ2) is 6.91. The average molecular weight is 293 g/mol. The fraction of sp³-hybridized carbons (Fsp3) is 0.882. The summed E-state index contributed by atoms with van der Waals surface area (Å²) in [6.45, 7) is 12.2. The van der Waals surface area contributed by atoms with Crippen LogP contribution < -0.4 is 5.32 Å². The van der Waals surface area contributed by atoms with E-state index in [4.69, 9.17) is 4.52 Å². The smallest absolute Gasteiger partial charge is 0.228 e. The summed E-state index contributed by atoms with van der Waals surface area (Å²) >= 11 is 0. The molecule has 0 spiro atoms. The van der Waals surface area contributed by atoms with Crippen molar-refractivity contribution in [1.82, 2.24) is 15.5 Å². The Labute approximate surface area is 129 Å². The zero-order valence-corrected chi connectivity index (χ0v) is 14.3. The van der Waals surface area contributed by atoms with E-state index < -0.39 is 0 Å². The van der Waals surface area contributed by atoms with E-state index in [2.05, 4.69) is 50.1 Å². The fourth-order valence-corrected chi connectivity index (χ4v) is 3.29. The van der Waals surface area contributed by atoms with Gasteiger partial charge < -0.3 is 9.84 Å². The molecule has 4 heteroatoms. The lowest BCUT2D eigenvalue weighted by molar-refractivity contribution is 0.246. The highest BCUT2D eigenvalue weighted by molar-refractivity contribution is 4.99. The van der Waals surface area contributed by atoms with Crippen molar-refractivity contribution in [1.29, 1.82) is 0 Å². The molecular formula is C17H31N3O. The van der Waals surface area contributed by atoms with Gasteiger partial charge in [0.25, 0.3) is 0 Å². The molecular weight excluding hydrogens is 262 g/mol. The van der Waals surface area contributed by atoms with Gasteiger partial charge in [-0.3, -0.25) is 0 Å². The van der Waals surface area contributed by atoms with E-state index in [1.54, 1.807) is 0 Å². The van der Waals surface area contributed by atoms with Gasteiger partial charge in [0.1, 0.15) is 0 Å². The fourth-order valence-electron chi connectivity index (χ4n) is 3.29. The first-order valence-electron chi connectivity index (χ1n) is 8.46. The van der Waals surface area contributed by atoms with E-state index >= 15 is 0 Å². The second-order valence-electron chi connectivity index (χ2n) is 7.70. The lowest BCUT2D eigenvalue weighted by atomic mass is 9.82. The van der Waals surface area contributed by atoms with Crippen LogP contribution >= 0.6 is 0 Å². The van der Waals surface area contributed by atoms with Gasteiger partial charge in [-0.05, 0) is 30.7 Å². The predicted molar refractivity (Wildman–Crippen MR) is 85.3 cm³/mol. The molecule has 21 heavy (non-hydrogen) atoms. The summed E-state index contributed by atoms with van der Waals surface area (Å²) in [7, 11) is 0. The van der Waals surface area contributed by atoms with Gasteiger partial charge in [0.05, 0.1) is 0 Å². The van der Waals surface area contributed by atoms with Crippen molar-refractivity contribution in [2.75, 3.05) is 6.54 Å². The topological polar surface area (TPSA) is 51.0 Å². The van der Waals surface area contributed by atoms with E-state index in [1.165, 1.54) is 25.7 Å². The molecule has 0 amide bonds. The molecule has 0 aromatic carbocycles. The molecule has 1 heterocycles. The molecule has 0 aliphatic heterocycles. The van der Waals surface area contributed by atoms with Crippen molar-refractivity contribution in [3.05, 3.63) is 11.7 Å². The number of hydrogen-bond donors (Lipinski definition) is 1. The summed E-state index contributed by atoms with van der Waals surface area (Å²) in [5.41, 5.74) is 0.185. The summed E-state index contributed by atoms with van der Waals surface area (Å²) in [4.78, 5) is 4.69. The Bertz CT molecular complexity index is 435. The van der Waals surface area contributed by atoms with Gasteiger partial charge in [-0.2, -0.15) is 4.98 Å². The number of nitrogens with zero attached hydrogens (tertiary/aromatic N) is 2. The van der Waals surface area contributed by atoms with Crippen LogP contribution in [0.3, 0.4) is 0 Å². The first-order valence-corrected chi connectivity index (χ1v) is 8.46. The molecule has 1 aromatic rings. The Hall–Kier alpha value is -0.900. The highest BCUT2D eigenvalue weighted by atomic mass is 16.5. The van der Waals surface area contributed by atoms with Gasteiger partial charge in [0, 0.05) is 18.4 Å². The van der Waals surface area contributed by atoms with Gasteiger partial charge in [0.2, 0.25) is 5.89 Å². The maximum Gasteiger partial charge on any atom is 0.228 e. The van der Waals surface area contributed by atoms with Crippen molar-refractivity contribution < 1.29 is 4.52 Å². The highest BCUT2D eigenvalue weighted by Gasteiger charge is 2.28. The van der Waals surface area contributed by atoms with Crippen molar-refractivity contribution in [2.24, 2.45) is 11.3 Å². The molecule has 3 atom stereocenters. The summed E-state index contributed by atoms with van der Waals surface area (Å²) in [6, 6.07) is 0.362. The Morgan fingerprint density at radius 1 is 1.33 bits per heavy atom. The molecule has 0 radical (unpaired) electrons. The molecule has 4 nitrogen and oxygen atoms in total. The van der Waals surface area contributed by atoms with Crippen LogP contribution in [0.4, 0.5) is 0 Å². The lowest BCUT2D eigenvalue weighted by Crippen LogP contribution is -2.41. The van der Waals surface area contributed by atoms with Crippen molar-refractivity contribution in [3.63, 3.8) is 0 Å². The molecule has 1 aliphatic rings. The standard InChI is InChI=1S/C17H31N3O/c1-6-18-14(17(3,4)5)11-15-19-16(20-21-15)13-9-7-8-12(2)10-13/h12-14,18H,6-11H2,1-5H3. The van der Waals surface area contributed by atoms with Gasteiger partial charge in [0.15, 0.2) is 5.82 Å². The zero-order valence-electron chi connectivity index (χ0n) is 14.3. The van der Waals surface area contributed by atoms with Crippen LogP contribution in [-0.2, 0) is 6.42 Å². The number of rotatable bonds is 5. The first-order chi connectivity index (χ1) is 9.90. The zero-order chi connectivity index (χ0) is 15.5. The van der Waals surface area contributed by atoms with Crippen LogP contribution in [0.5, 0.6) is 0 Å². The normalized spacial score (nSPS) is 25.0. The van der Waals surface area contributed by atoms with Gasteiger partial charge in [-0.25, -0.2) is 0 Å². The minimum absolute atomic E-state index is 0.185. The van der Waals surface area contributed by atoms with Crippen LogP contribution in [0.2, 0.25) is 0 Å². The largest absolute Gasteiger partial charge is 0.339 e. The third kappa shape index (κ3) is 4.53. The Kier molecular flexibility index (Phi) is 5.42. The lowest BCUT2D eigenvalue weighted by Gasteiger charge is -2.30. The summed E-state index contributed by atoms with van der Waals surface area (Å²) < 4.78 is 5.52. The first kappa shape index (κ1) is 16.5. The van der Waals surface area contributed by atoms with Gasteiger partial charge in [-0.15, -0.1) is 0 Å². The molecule has 1 saturated carbocycles. The van der Waals surface area contributed by atoms with Crippen molar-refractivity contribution in [2.45, 2.75) is 78.7 Å². The third-order valence-electron chi connectivity index (χ3n) is 4.66.